The van der Waals surface area contributed by atoms with Crippen molar-refractivity contribution in [1.82, 2.24) is 4.90 Å². The highest BCUT2D eigenvalue weighted by Crippen LogP contribution is 2.26. The number of ketones is 1. The molecule has 2 rings (SSSR count). The molecule has 124 valence electrons. The van der Waals surface area contributed by atoms with E-state index in [1.54, 1.807) is 4.90 Å². The lowest BCUT2D eigenvalue weighted by Crippen LogP contribution is -2.38. The predicted octanol–water partition coefficient (Wildman–Crippen LogP) is 3.43. The van der Waals surface area contributed by atoms with Crippen molar-refractivity contribution in [2.24, 2.45) is 0 Å². The smallest absolute Gasteiger partial charge is 0.337 e. The molecule has 0 unspecified atom stereocenters. The lowest BCUT2D eigenvalue weighted by Gasteiger charge is -2.25. The largest absolute Gasteiger partial charge is 0.412 e. The fourth-order valence-corrected chi connectivity index (χ4v) is 2.98. The van der Waals surface area contributed by atoms with Crippen LogP contribution in [0.15, 0.2) is 23.8 Å². The lowest BCUT2D eigenvalue weighted by molar-refractivity contribution is -0.120. The van der Waals surface area contributed by atoms with Crippen molar-refractivity contribution in [2.45, 2.75) is 25.9 Å². The van der Waals surface area contributed by atoms with Crippen molar-refractivity contribution in [1.29, 1.82) is 5.41 Å². The van der Waals surface area contributed by atoms with Crippen molar-refractivity contribution < 1.29 is 22.8 Å². The summed E-state index contributed by atoms with van der Waals surface area (Å²) in [7, 11) is 0. The summed E-state index contributed by atoms with van der Waals surface area (Å²) < 4.78 is 37.4. The van der Waals surface area contributed by atoms with Crippen LogP contribution in [0.2, 0.25) is 0 Å². The SMILES string of the molecule is C/C(=C\C(=N)c1ccc(C(=O)N2CCC(=O)CC2)s1)C(F)(F)F. The molecule has 23 heavy (non-hydrogen) atoms. The summed E-state index contributed by atoms with van der Waals surface area (Å²) in [6, 6.07) is 2.97. The molecular weight excluding hydrogens is 329 g/mol. The van der Waals surface area contributed by atoms with Crippen molar-refractivity contribution in [3.05, 3.63) is 33.5 Å². The van der Waals surface area contributed by atoms with E-state index >= 15 is 0 Å². The summed E-state index contributed by atoms with van der Waals surface area (Å²) in [4.78, 5) is 25.7. The number of Topliss-reactive ketones (excluding diaryl/α,β-unsaturated/α-hetero) is 1. The third kappa shape index (κ3) is 4.28. The number of hydrogen-bond acceptors (Lipinski definition) is 4. The van der Waals surface area contributed by atoms with Gasteiger partial charge in [-0.25, -0.2) is 0 Å². The van der Waals surface area contributed by atoms with E-state index in [1.165, 1.54) is 12.1 Å². The van der Waals surface area contributed by atoms with E-state index in [0.29, 0.717) is 35.7 Å². The number of likely N-dealkylation sites (tertiary alicyclic amines) is 1. The highest BCUT2D eigenvalue weighted by atomic mass is 32.1. The predicted molar refractivity (Wildman–Crippen MR) is 81.1 cm³/mol. The van der Waals surface area contributed by atoms with E-state index in [2.05, 4.69) is 0 Å². The first-order valence-corrected chi connectivity index (χ1v) is 7.75. The van der Waals surface area contributed by atoms with Gasteiger partial charge in [-0.3, -0.25) is 15.0 Å². The van der Waals surface area contributed by atoms with Crippen molar-refractivity contribution in [3.8, 4) is 0 Å². The Hall–Kier alpha value is -1.96. The van der Waals surface area contributed by atoms with Crippen molar-refractivity contribution in [2.75, 3.05) is 13.1 Å². The van der Waals surface area contributed by atoms with Gasteiger partial charge in [0.25, 0.3) is 5.91 Å². The highest BCUT2D eigenvalue weighted by molar-refractivity contribution is 7.16. The highest BCUT2D eigenvalue weighted by Gasteiger charge is 2.30. The van der Waals surface area contributed by atoms with Gasteiger partial charge in [0.05, 0.1) is 15.5 Å². The molecule has 1 aromatic rings. The van der Waals surface area contributed by atoms with E-state index in [4.69, 9.17) is 5.41 Å². The number of hydrogen-bond donors (Lipinski definition) is 1. The first-order valence-electron chi connectivity index (χ1n) is 6.93. The molecule has 1 N–H and O–H groups in total. The molecule has 1 fully saturated rings. The fraction of sp³-hybridized carbons (Fsp3) is 0.400. The molecule has 1 aliphatic heterocycles. The molecule has 8 heteroatoms. The maximum Gasteiger partial charge on any atom is 0.412 e. The van der Waals surface area contributed by atoms with Gasteiger partial charge in [0.2, 0.25) is 0 Å². The topological polar surface area (TPSA) is 61.2 Å². The van der Waals surface area contributed by atoms with Crippen LogP contribution in [0.5, 0.6) is 0 Å². The molecular formula is C15H15F3N2O2S. The number of halogens is 3. The minimum absolute atomic E-state index is 0.121. The Kier molecular flexibility index (Phi) is 5.03. The molecule has 1 aliphatic rings. The van der Waals surface area contributed by atoms with Crippen LogP contribution in [-0.4, -0.2) is 41.6 Å². The van der Waals surface area contributed by atoms with E-state index in [0.717, 1.165) is 24.3 Å². The molecule has 0 aromatic carbocycles. The Morgan fingerprint density at radius 2 is 1.83 bits per heavy atom. The van der Waals surface area contributed by atoms with Crippen LogP contribution in [0.4, 0.5) is 13.2 Å². The van der Waals surface area contributed by atoms with Gasteiger partial charge in [-0.15, -0.1) is 11.3 Å². The van der Waals surface area contributed by atoms with Crippen LogP contribution in [-0.2, 0) is 4.79 Å². The number of carbonyl (C=O) groups is 2. The Labute approximate surface area is 135 Å². The molecule has 0 atom stereocenters. The van der Waals surface area contributed by atoms with Crippen LogP contribution in [0.25, 0.3) is 0 Å². The molecule has 0 aliphatic carbocycles. The molecule has 1 aromatic heterocycles. The fourth-order valence-electron chi connectivity index (χ4n) is 2.08. The summed E-state index contributed by atoms with van der Waals surface area (Å²) in [6.45, 7) is 1.61. The monoisotopic (exact) mass is 344 g/mol. The second kappa shape index (κ2) is 6.66. The molecule has 4 nitrogen and oxygen atoms in total. The van der Waals surface area contributed by atoms with Crippen LogP contribution in [0.3, 0.4) is 0 Å². The normalized spacial score (nSPS) is 16.6. The van der Waals surface area contributed by atoms with Gasteiger partial charge in [0, 0.05) is 31.5 Å². The molecule has 0 radical (unpaired) electrons. The standard InChI is InChI=1S/C15H15F3N2O2S/c1-9(15(16,17)18)8-11(19)12-2-3-13(23-12)14(22)20-6-4-10(21)5-7-20/h2-3,8,19H,4-7H2,1H3/b9-8+,19-11?. The summed E-state index contributed by atoms with van der Waals surface area (Å²) >= 11 is 0.984. The van der Waals surface area contributed by atoms with E-state index in [1.807, 2.05) is 0 Å². The number of alkyl halides is 3. The van der Waals surface area contributed by atoms with Gasteiger partial charge in [0.1, 0.15) is 5.78 Å². The molecule has 1 saturated heterocycles. The van der Waals surface area contributed by atoms with Gasteiger partial charge >= 0.3 is 6.18 Å². The first-order chi connectivity index (χ1) is 10.7. The number of nitrogens with zero attached hydrogens (tertiary/aromatic N) is 1. The Morgan fingerprint density at radius 1 is 1.26 bits per heavy atom. The zero-order chi connectivity index (χ0) is 17.2. The molecule has 0 bridgehead atoms. The second-order valence-corrected chi connectivity index (χ2v) is 6.32. The molecule has 2 heterocycles. The second-order valence-electron chi connectivity index (χ2n) is 5.23. The van der Waals surface area contributed by atoms with E-state index < -0.39 is 11.7 Å². The number of piperidine rings is 1. The maximum atomic E-state index is 12.5. The lowest BCUT2D eigenvalue weighted by atomic mass is 10.1. The third-order valence-corrected chi connectivity index (χ3v) is 4.61. The van der Waals surface area contributed by atoms with Gasteiger partial charge < -0.3 is 4.90 Å². The summed E-state index contributed by atoms with van der Waals surface area (Å²) in [5.74, 6) is -0.131. The number of nitrogens with one attached hydrogen (secondary N) is 1. The van der Waals surface area contributed by atoms with Crippen LogP contribution >= 0.6 is 11.3 Å². The zero-order valence-corrected chi connectivity index (χ0v) is 13.2. The van der Waals surface area contributed by atoms with Gasteiger partial charge in [-0.05, 0) is 25.1 Å². The number of amides is 1. The van der Waals surface area contributed by atoms with E-state index in [9.17, 15) is 22.8 Å². The summed E-state index contributed by atoms with van der Waals surface area (Å²) in [5.41, 5.74) is -1.14. The number of rotatable bonds is 3. The Balaban J connectivity index is 2.10. The average molecular weight is 344 g/mol. The molecule has 0 saturated carbocycles. The zero-order valence-electron chi connectivity index (χ0n) is 12.4. The summed E-state index contributed by atoms with van der Waals surface area (Å²) in [5, 5.41) is 7.73. The van der Waals surface area contributed by atoms with E-state index in [-0.39, 0.29) is 17.4 Å². The number of allylic oxidation sites excluding steroid dienone is 2. The Morgan fingerprint density at radius 3 is 2.39 bits per heavy atom. The average Bonchev–Trinajstić information content (AvgIpc) is 2.96. The number of thiophene rings is 1. The minimum atomic E-state index is -4.47. The van der Waals surface area contributed by atoms with Crippen LogP contribution < -0.4 is 0 Å². The number of carbonyl (C=O) groups excluding carboxylic acids is 2. The molecule has 1 amide bonds. The summed E-state index contributed by atoms with van der Waals surface area (Å²) in [6.07, 6.45) is -3.07. The third-order valence-electron chi connectivity index (χ3n) is 3.50. The van der Waals surface area contributed by atoms with Crippen LogP contribution in [0.1, 0.15) is 34.3 Å². The quantitative estimate of drug-likeness (QED) is 0.854. The van der Waals surface area contributed by atoms with Gasteiger partial charge in [0.15, 0.2) is 0 Å². The minimum Gasteiger partial charge on any atom is -0.337 e. The van der Waals surface area contributed by atoms with Crippen molar-refractivity contribution >= 4 is 28.7 Å². The molecule has 0 spiro atoms. The van der Waals surface area contributed by atoms with Gasteiger partial charge in [-0.2, -0.15) is 13.2 Å². The first kappa shape index (κ1) is 17.4. The van der Waals surface area contributed by atoms with Crippen LogP contribution in [0, 0.1) is 5.41 Å². The Bertz CT molecular complexity index is 667. The maximum absolute atomic E-state index is 12.5. The van der Waals surface area contributed by atoms with Crippen molar-refractivity contribution in [3.63, 3.8) is 0 Å². The van der Waals surface area contributed by atoms with Gasteiger partial charge in [-0.1, -0.05) is 0 Å².